The van der Waals surface area contributed by atoms with E-state index in [4.69, 9.17) is 25.8 Å². The third-order valence-corrected chi connectivity index (χ3v) is 6.80. The van der Waals surface area contributed by atoms with Gasteiger partial charge >= 0.3 is 0 Å². The number of para-hydroxylation sites is 1. The fourth-order valence-corrected chi connectivity index (χ4v) is 4.71. The zero-order valence-electron chi connectivity index (χ0n) is 22.0. The number of nitrogens with one attached hydrogen (secondary N) is 1. The lowest BCUT2D eigenvalue weighted by atomic mass is 10.0. The Bertz CT molecular complexity index is 1280. The molecule has 38 heavy (non-hydrogen) atoms. The van der Waals surface area contributed by atoms with E-state index in [1.165, 1.54) is 0 Å². The van der Waals surface area contributed by atoms with Gasteiger partial charge in [-0.15, -0.1) is 0 Å². The Balaban J connectivity index is 1.59. The van der Waals surface area contributed by atoms with E-state index >= 15 is 0 Å². The van der Waals surface area contributed by atoms with Crippen molar-refractivity contribution < 1.29 is 23.8 Å². The molecule has 1 atom stereocenters. The van der Waals surface area contributed by atoms with E-state index < -0.39 is 0 Å². The summed E-state index contributed by atoms with van der Waals surface area (Å²) in [5.74, 6) is 0.384. The summed E-state index contributed by atoms with van der Waals surface area (Å²) in [6, 6.07) is 14.2. The molecule has 2 aromatic carbocycles. The van der Waals surface area contributed by atoms with Crippen molar-refractivity contribution in [2.45, 2.75) is 38.8 Å². The van der Waals surface area contributed by atoms with Crippen molar-refractivity contribution in [1.82, 2.24) is 15.2 Å². The lowest BCUT2D eigenvalue weighted by Crippen LogP contribution is -2.49. The number of pyridine rings is 1. The number of benzene rings is 2. The first-order valence-electron chi connectivity index (χ1n) is 12.9. The predicted molar refractivity (Wildman–Crippen MR) is 148 cm³/mol. The number of likely N-dealkylation sites (tertiary alicyclic amines) is 1. The molecular weight excluding hydrogens is 506 g/mol. The van der Waals surface area contributed by atoms with Gasteiger partial charge in [0.25, 0.3) is 5.91 Å². The summed E-state index contributed by atoms with van der Waals surface area (Å²) in [6.45, 7) is 6.65. The Labute approximate surface area is 228 Å². The molecular formula is C29H34ClN3O5. The summed E-state index contributed by atoms with van der Waals surface area (Å²) in [5.41, 5.74) is 1.12. The molecule has 0 unspecified atom stereocenters. The first-order chi connectivity index (χ1) is 18.4. The fourth-order valence-electron chi connectivity index (χ4n) is 4.52. The molecule has 3 aromatic rings. The van der Waals surface area contributed by atoms with E-state index in [1.807, 2.05) is 6.07 Å². The maximum atomic E-state index is 13.3. The zero-order valence-corrected chi connectivity index (χ0v) is 22.8. The molecule has 0 aliphatic carbocycles. The number of carbonyl (C=O) groups excluding carboxylic acids is 2. The fraction of sp³-hybridized carbons (Fsp3) is 0.414. The van der Waals surface area contributed by atoms with Gasteiger partial charge in [-0.2, -0.15) is 0 Å². The lowest BCUT2D eigenvalue weighted by molar-refractivity contribution is 0.0879. The van der Waals surface area contributed by atoms with Crippen molar-refractivity contribution in [3.8, 4) is 11.5 Å². The van der Waals surface area contributed by atoms with Gasteiger partial charge in [0.05, 0.1) is 6.61 Å². The van der Waals surface area contributed by atoms with Gasteiger partial charge in [0.15, 0.2) is 12.4 Å². The molecule has 8 nitrogen and oxygen atoms in total. The number of ketones is 1. The van der Waals surface area contributed by atoms with E-state index in [1.54, 1.807) is 49.6 Å². The number of rotatable bonds is 11. The summed E-state index contributed by atoms with van der Waals surface area (Å²) in [4.78, 5) is 33.1. The highest BCUT2D eigenvalue weighted by Crippen LogP contribution is 2.32. The van der Waals surface area contributed by atoms with Crippen LogP contribution >= 0.6 is 11.6 Å². The SMILES string of the molecule is COCCOc1cc(C(=O)N[C@@H]2CCCN(C(C)C)C2)nc2c(OCC(=O)c3cccc(Cl)c3)cccc12. The quantitative estimate of drug-likeness (QED) is 0.277. The monoisotopic (exact) mass is 539 g/mol. The van der Waals surface area contributed by atoms with Crippen LogP contribution in [0.15, 0.2) is 48.5 Å². The zero-order chi connectivity index (χ0) is 27.1. The second kappa shape index (κ2) is 13.0. The highest BCUT2D eigenvalue weighted by molar-refractivity contribution is 6.31. The van der Waals surface area contributed by atoms with Gasteiger partial charge < -0.3 is 19.5 Å². The number of nitrogens with zero attached hydrogens (tertiary/aromatic N) is 2. The van der Waals surface area contributed by atoms with Crippen LogP contribution in [0.3, 0.4) is 0 Å². The van der Waals surface area contributed by atoms with Gasteiger partial charge in [0.1, 0.15) is 29.3 Å². The number of methoxy groups -OCH3 is 1. The van der Waals surface area contributed by atoms with Crippen LogP contribution in [0, 0.1) is 0 Å². The van der Waals surface area contributed by atoms with Crippen LogP contribution in [0.5, 0.6) is 11.5 Å². The minimum absolute atomic E-state index is 0.0378. The van der Waals surface area contributed by atoms with Crippen molar-refractivity contribution in [3.05, 3.63) is 64.8 Å². The van der Waals surface area contributed by atoms with Crippen LogP contribution in [0.25, 0.3) is 10.9 Å². The summed E-state index contributed by atoms with van der Waals surface area (Å²) in [7, 11) is 1.60. The molecule has 1 amide bonds. The second-order valence-electron chi connectivity index (χ2n) is 9.62. The maximum Gasteiger partial charge on any atom is 0.270 e. The van der Waals surface area contributed by atoms with Crippen molar-refractivity contribution in [3.63, 3.8) is 0 Å². The molecule has 0 spiro atoms. The summed E-state index contributed by atoms with van der Waals surface area (Å²) in [6.07, 6.45) is 1.94. The smallest absolute Gasteiger partial charge is 0.270 e. The number of halogens is 1. The van der Waals surface area contributed by atoms with Gasteiger partial charge in [0.2, 0.25) is 0 Å². The first-order valence-corrected chi connectivity index (χ1v) is 13.3. The van der Waals surface area contributed by atoms with Gasteiger partial charge in [-0.25, -0.2) is 4.98 Å². The molecule has 0 saturated carbocycles. The number of fused-ring (bicyclic) bond motifs is 1. The largest absolute Gasteiger partial charge is 0.490 e. The number of amides is 1. The van der Waals surface area contributed by atoms with Crippen LogP contribution in [0.1, 0.15) is 47.5 Å². The number of Topliss-reactive ketones (excluding diaryl/α,β-unsaturated/α-hetero) is 1. The second-order valence-corrected chi connectivity index (χ2v) is 10.1. The van der Waals surface area contributed by atoms with Crippen LogP contribution in [0.4, 0.5) is 0 Å². The van der Waals surface area contributed by atoms with E-state index in [2.05, 4.69) is 29.0 Å². The summed E-state index contributed by atoms with van der Waals surface area (Å²) in [5, 5.41) is 4.30. The van der Waals surface area contributed by atoms with Crippen molar-refractivity contribution in [2.24, 2.45) is 0 Å². The molecule has 9 heteroatoms. The van der Waals surface area contributed by atoms with Gasteiger partial charge in [-0.3, -0.25) is 14.5 Å². The number of aromatic nitrogens is 1. The third-order valence-electron chi connectivity index (χ3n) is 6.57. The van der Waals surface area contributed by atoms with E-state index in [0.717, 1.165) is 25.9 Å². The Kier molecular flexibility index (Phi) is 9.55. The molecule has 1 N–H and O–H groups in total. The van der Waals surface area contributed by atoms with Gasteiger partial charge in [-0.1, -0.05) is 29.8 Å². The van der Waals surface area contributed by atoms with E-state index in [0.29, 0.717) is 52.2 Å². The van der Waals surface area contributed by atoms with Crippen LogP contribution in [-0.2, 0) is 4.74 Å². The van der Waals surface area contributed by atoms with Crippen LogP contribution < -0.4 is 14.8 Å². The van der Waals surface area contributed by atoms with Gasteiger partial charge in [-0.05, 0) is 57.5 Å². The predicted octanol–water partition coefficient (Wildman–Crippen LogP) is 4.78. The Morgan fingerprint density at radius 3 is 2.68 bits per heavy atom. The number of hydrogen-bond acceptors (Lipinski definition) is 7. The molecule has 0 bridgehead atoms. The average molecular weight is 540 g/mol. The molecule has 1 aliphatic heterocycles. The van der Waals surface area contributed by atoms with Crippen molar-refractivity contribution >= 4 is 34.2 Å². The highest BCUT2D eigenvalue weighted by Gasteiger charge is 2.25. The molecule has 0 radical (unpaired) electrons. The Morgan fingerprint density at radius 1 is 1.11 bits per heavy atom. The first kappa shape index (κ1) is 27.8. The molecule has 2 heterocycles. The van der Waals surface area contributed by atoms with Crippen molar-refractivity contribution in [2.75, 3.05) is 40.0 Å². The molecule has 202 valence electrons. The molecule has 4 rings (SSSR count). The minimum atomic E-state index is -0.274. The molecule has 1 saturated heterocycles. The number of piperidine rings is 1. The van der Waals surface area contributed by atoms with Gasteiger partial charge in [0, 0.05) is 47.8 Å². The Hall–Kier alpha value is -3.20. The normalized spacial score (nSPS) is 16.0. The molecule has 1 aromatic heterocycles. The average Bonchev–Trinajstić information content (AvgIpc) is 2.91. The third kappa shape index (κ3) is 7.01. The van der Waals surface area contributed by atoms with Crippen molar-refractivity contribution in [1.29, 1.82) is 0 Å². The number of hydrogen-bond donors (Lipinski definition) is 1. The highest BCUT2D eigenvalue weighted by atomic mass is 35.5. The molecule has 1 fully saturated rings. The van der Waals surface area contributed by atoms with E-state index in [-0.39, 0.29) is 30.0 Å². The number of ether oxygens (including phenoxy) is 3. The topological polar surface area (TPSA) is 90.0 Å². The Morgan fingerprint density at radius 2 is 1.92 bits per heavy atom. The summed E-state index contributed by atoms with van der Waals surface area (Å²) >= 11 is 6.03. The minimum Gasteiger partial charge on any atom is -0.490 e. The number of carbonyl (C=O) groups is 2. The summed E-state index contributed by atoms with van der Waals surface area (Å²) < 4.78 is 17.0. The van der Waals surface area contributed by atoms with E-state index in [9.17, 15) is 9.59 Å². The molecule has 1 aliphatic rings. The maximum absolute atomic E-state index is 13.3. The lowest BCUT2D eigenvalue weighted by Gasteiger charge is -2.35. The van der Waals surface area contributed by atoms with Crippen LogP contribution in [0.2, 0.25) is 5.02 Å². The van der Waals surface area contributed by atoms with Crippen LogP contribution in [-0.4, -0.2) is 73.7 Å². The standard InChI is InChI=1S/C29H34ClN3O5/c1-19(2)33-12-6-9-22(17-33)31-29(35)24-16-27(37-14-13-36-3)23-10-5-11-26(28(23)32-24)38-18-25(34)20-7-4-8-21(30)15-20/h4-5,7-8,10-11,15-16,19,22H,6,9,12-14,17-18H2,1-3H3,(H,31,35)/t22-/m1/s1.